The molecule has 0 aliphatic heterocycles. The Labute approximate surface area is 97.4 Å². The SMILES string of the molecule is C=CCC(NC(=O)c1ccccc1)C(C)C. The molecule has 1 aromatic carbocycles. The zero-order valence-corrected chi connectivity index (χ0v) is 9.94. The molecule has 0 radical (unpaired) electrons. The average Bonchev–Trinajstić information content (AvgIpc) is 2.29. The van der Waals surface area contributed by atoms with E-state index in [0.29, 0.717) is 11.5 Å². The van der Waals surface area contributed by atoms with Gasteiger partial charge in [-0.1, -0.05) is 38.1 Å². The van der Waals surface area contributed by atoms with Crippen molar-refractivity contribution in [2.24, 2.45) is 5.92 Å². The molecule has 2 nitrogen and oxygen atoms in total. The molecule has 0 aromatic heterocycles. The lowest BCUT2D eigenvalue weighted by Gasteiger charge is -2.20. The number of benzene rings is 1. The number of hydrogen-bond acceptors (Lipinski definition) is 1. The zero-order chi connectivity index (χ0) is 12.0. The number of carbonyl (C=O) groups excluding carboxylic acids is 1. The molecule has 0 aliphatic carbocycles. The normalized spacial score (nSPS) is 12.2. The Hall–Kier alpha value is -1.57. The Morgan fingerprint density at radius 3 is 2.50 bits per heavy atom. The fraction of sp³-hybridized carbons (Fsp3) is 0.357. The van der Waals surface area contributed by atoms with Crippen LogP contribution in [0.3, 0.4) is 0 Å². The summed E-state index contributed by atoms with van der Waals surface area (Å²) in [5.41, 5.74) is 0.706. The van der Waals surface area contributed by atoms with Crippen molar-refractivity contribution in [1.82, 2.24) is 5.32 Å². The highest BCUT2D eigenvalue weighted by molar-refractivity contribution is 5.94. The van der Waals surface area contributed by atoms with Crippen LogP contribution in [0, 0.1) is 5.92 Å². The van der Waals surface area contributed by atoms with Gasteiger partial charge in [-0.15, -0.1) is 6.58 Å². The maximum atomic E-state index is 11.9. The van der Waals surface area contributed by atoms with Gasteiger partial charge in [0.1, 0.15) is 0 Å². The van der Waals surface area contributed by atoms with Crippen molar-refractivity contribution < 1.29 is 4.79 Å². The lowest BCUT2D eigenvalue weighted by Crippen LogP contribution is -2.38. The summed E-state index contributed by atoms with van der Waals surface area (Å²) in [6, 6.07) is 9.44. The molecule has 1 amide bonds. The van der Waals surface area contributed by atoms with E-state index in [0.717, 1.165) is 6.42 Å². The molecular weight excluding hydrogens is 198 g/mol. The lowest BCUT2D eigenvalue weighted by atomic mass is 10.0. The first kappa shape index (κ1) is 12.5. The molecule has 16 heavy (non-hydrogen) atoms. The van der Waals surface area contributed by atoms with Crippen LogP contribution < -0.4 is 5.32 Å². The third-order valence-corrected chi connectivity index (χ3v) is 2.58. The minimum Gasteiger partial charge on any atom is -0.349 e. The van der Waals surface area contributed by atoms with Gasteiger partial charge in [-0.25, -0.2) is 0 Å². The van der Waals surface area contributed by atoms with Crippen molar-refractivity contribution in [1.29, 1.82) is 0 Å². The van der Waals surface area contributed by atoms with E-state index in [1.165, 1.54) is 0 Å². The third kappa shape index (κ3) is 3.54. The van der Waals surface area contributed by atoms with Gasteiger partial charge in [0, 0.05) is 11.6 Å². The van der Waals surface area contributed by atoms with E-state index in [1.807, 2.05) is 36.4 Å². The molecular formula is C14H19NO. The van der Waals surface area contributed by atoms with Crippen LogP contribution in [0.1, 0.15) is 30.6 Å². The van der Waals surface area contributed by atoms with Gasteiger partial charge in [0.2, 0.25) is 0 Å². The number of amides is 1. The molecule has 0 fully saturated rings. The van der Waals surface area contributed by atoms with Crippen molar-refractivity contribution >= 4 is 5.91 Å². The average molecular weight is 217 g/mol. The van der Waals surface area contributed by atoms with Crippen molar-refractivity contribution in [2.45, 2.75) is 26.3 Å². The summed E-state index contributed by atoms with van der Waals surface area (Å²) < 4.78 is 0. The van der Waals surface area contributed by atoms with Gasteiger partial charge < -0.3 is 5.32 Å². The van der Waals surface area contributed by atoms with Crippen LogP contribution in [0.5, 0.6) is 0 Å². The fourth-order valence-electron chi connectivity index (χ4n) is 1.52. The van der Waals surface area contributed by atoms with Crippen molar-refractivity contribution in [3.63, 3.8) is 0 Å². The molecule has 0 aliphatic rings. The van der Waals surface area contributed by atoms with Crippen LogP contribution in [0.2, 0.25) is 0 Å². The summed E-state index contributed by atoms with van der Waals surface area (Å²) >= 11 is 0. The fourth-order valence-corrected chi connectivity index (χ4v) is 1.52. The lowest BCUT2D eigenvalue weighted by molar-refractivity contribution is 0.0926. The highest BCUT2D eigenvalue weighted by Crippen LogP contribution is 2.08. The minimum absolute atomic E-state index is 0.0128. The first-order chi connectivity index (χ1) is 7.65. The molecule has 2 heteroatoms. The van der Waals surface area contributed by atoms with Gasteiger partial charge in [0.15, 0.2) is 0 Å². The number of rotatable bonds is 5. The van der Waals surface area contributed by atoms with E-state index in [-0.39, 0.29) is 11.9 Å². The molecule has 0 saturated carbocycles. The van der Waals surface area contributed by atoms with Gasteiger partial charge in [-0.05, 0) is 24.5 Å². The third-order valence-electron chi connectivity index (χ3n) is 2.58. The quantitative estimate of drug-likeness (QED) is 0.755. The van der Waals surface area contributed by atoms with E-state index < -0.39 is 0 Å². The van der Waals surface area contributed by atoms with Crippen LogP contribution in [0.25, 0.3) is 0 Å². The Kier molecular flexibility index (Phi) is 4.77. The maximum absolute atomic E-state index is 11.9. The van der Waals surface area contributed by atoms with Crippen molar-refractivity contribution in [3.05, 3.63) is 48.6 Å². The van der Waals surface area contributed by atoms with Gasteiger partial charge >= 0.3 is 0 Å². The second-order valence-corrected chi connectivity index (χ2v) is 4.21. The summed E-state index contributed by atoms with van der Waals surface area (Å²) in [6.45, 7) is 7.90. The largest absolute Gasteiger partial charge is 0.349 e. The van der Waals surface area contributed by atoms with E-state index >= 15 is 0 Å². The molecule has 1 aromatic rings. The highest BCUT2D eigenvalue weighted by atomic mass is 16.1. The van der Waals surface area contributed by atoms with Crippen LogP contribution in [-0.2, 0) is 0 Å². The zero-order valence-electron chi connectivity index (χ0n) is 9.94. The Balaban J connectivity index is 2.65. The first-order valence-electron chi connectivity index (χ1n) is 5.62. The van der Waals surface area contributed by atoms with E-state index in [1.54, 1.807) is 0 Å². The Morgan fingerprint density at radius 1 is 1.38 bits per heavy atom. The summed E-state index contributed by atoms with van der Waals surface area (Å²) in [7, 11) is 0. The minimum atomic E-state index is -0.0128. The molecule has 1 rings (SSSR count). The van der Waals surface area contributed by atoms with Crippen molar-refractivity contribution in [2.75, 3.05) is 0 Å². The second kappa shape index (κ2) is 6.11. The van der Waals surface area contributed by atoms with Crippen LogP contribution in [-0.4, -0.2) is 11.9 Å². The van der Waals surface area contributed by atoms with Gasteiger partial charge in [-0.3, -0.25) is 4.79 Å². The summed E-state index contributed by atoms with van der Waals surface area (Å²) in [5, 5.41) is 3.02. The second-order valence-electron chi connectivity index (χ2n) is 4.21. The number of hydrogen-bond donors (Lipinski definition) is 1. The van der Waals surface area contributed by atoms with Gasteiger partial charge in [-0.2, -0.15) is 0 Å². The van der Waals surface area contributed by atoms with E-state index in [4.69, 9.17) is 0 Å². The molecule has 1 unspecified atom stereocenters. The van der Waals surface area contributed by atoms with Crippen LogP contribution in [0.4, 0.5) is 0 Å². The first-order valence-corrected chi connectivity index (χ1v) is 5.62. The number of nitrogens with one attached hydrogen (secondary N) is 1. The molecule has 1 N–H and O–H groups in total. The van der Waals surface area contributed by atoms with Crippen LogP contribution >= 0.6 is 0 Å². The molecule has 0 spiro atoms. The number of carbonyl (C=O) groups is 1. The highest BCUT2D eigenvalue weighted by Gasteiger charge is 2.15. The predicted molar refractivity (Wildman–Crippen MR) is 67.3 cm³/mol. The summed E-state index contributed by atoms with van der Waals surface area (Å²) in [6.07, 6.45) is 2.65. The van der Waals surface area contributed by atoms with E-state index in [9.17, 15) is 4.79 Å². The van der Waals surface area contributed by atoms with Gasteiger partial charge in [0.05, 0.1) is 0 Å². The van der Waals surface area contributed by atoms with Gasteiger partial charge in [0.25, 0.3) is 5.91 Å². The van der Waals surface area contributed by atoms with E-state index in [2.05, 4.69) is 25.7 Å². The predicted octanol–water partition coefficient (Wildman–Crippen LogP) is 3.02. The Bertz CT molecular complexity index is 343. The molecule has 0 heterocycles. The molecule has 1 atom stereocenters. The molecule has 0 bridgehead atoms. The molecule has 0 saturated heterocycles. The monoisotopic (exact) mass is 217 g/mol. The topological polar surface area (TPSA) is 29.1 Å². The molecule has 86 valence electrons. The summed E-state index contributed by atoms with van der Waals surface area (Å²) in [5.74, 6) is 0.395. The Morgan fingerprint density at radius 2 is 2.00 bits per heavy atom. The summed E-state index contributed by atoms with van der Waals surface area (Å²) in [4.78, 5) is 11.9. The maximum Gasteiger partial charge on any atom is 0.251 e. The standard InChI is InChI=1S/C14H19NO/c1-4-8-13(11(2)3)15-14(16)12-9-6-5-7-10-12/h4-7,9-11,13H,1,8H2,2-3H3,(H,15,16). The van der Waals surface area contributed by atoms with Crippen molar-refractivity contribution in [3.8, 4) is 0 Å². The van der Waals surface area contributed by atoms with Crippen LogP contribution in [0.15, 0.2) is 43.0 Å². The smallest absolute Gasteiger partial charge is 0.251 e.